The lowest BCUT2D eigenvalue weighted by molar-refractivity contribution is -0.115. The zero-order chi connectivity index (χ0) is 23.2. The number of rotatable bonds is 4. The average molecular weight is 461 g/mol. The molecule has 2 aliphatic rings. The molecule has 1 fully saturated rings. The van der Waals surface area contributed by atoms with Crippen LogP contribution in [-0.4, -0.2) is 31.7 Å². The van der Waals surface area contributed by atoms with Crippen LogP contribution in [0.15, 0.2) is 65.6 Å². The number of piperidine rings is 1. The number of fused-ring (bicyclic) bond motifs is 1. The monoisotopic (exact) mass is 460 g/mol. The highest BCUT2D eigenvalue weighted by Crippen LogP contribution is 2.34. The van der Waals surface area contributed by atoms with Crippen molar-refractivity contribution in [2.75, 3.05) is 18.4 Å². The summed E-state index contributed by atoms with van der Waals surface area (Å²) in [6, 6.07) is 20.1. The molecule has 1 N–H and O–H groups in total. The van der Waals surface area contributed by atoms with E-state index in [0.29, 0.717) is 31.1 Å². The molecule has 0 bridgehead atoms. The van der Waals surface area contributed by atoms with Gasteiger partial charge >= 0.3 is 0 Å². The fourth-order valence-electron chi connectivity index (χ4n) is 4.93. The van der Waals surface area contributed by atoms with Crippen molar-refractivity contribution in [2.45, 2.75) is 43.9 Å². The van der Waals surface area contributed by atoms with Crippen LogP contribution in [0.25, 0.3) is 11.1 Å². The van der Waals surface area contributed by atoms with Gasteiger partial charge in [0.2, 0.25) is 15.9 Å². The average Bonchev–Trinajstić information content (AvgIpc) is 3.20. The minimum Gasteiger partial charge on any atom is -0.325 e. The Labute approximate surface area is 195 Å². The predicted octanol–water partition coefficient (Wildman–Crippen LogP) is 5.03. The molecule has 5 nitrogen and oxygen atoms in total. The smallest absolute Gasteiger partial charge is 0.243 e. The number of hydrogen-bond donors (Lipinski definition) is 1. The Kier molecular flexibility index (Phi) is 5.59. The predicted molar refractivity (Wildman–Crippen MR) is 131 cm³/mol. The summed E-state index contributed by atoms with van der Waals surface area (Å²) in [5, 5.41) is 2.74. The molecular weight excluding hydrogens is 432 g/mol. The van der Waals surface area contributed by atoms with E-state index in [1.165, 1.54) is 27.8 Å². The van der Waals surface area contributed by atoms with Gasteiger partial charge in [0.25, 0.3) is 0 Å². The topological polar surface area (TPSA) is 66.5 Å². The first-order chi connectivity index (χ1) is 15.8. The molecule has 2 heterocycles. The van der Waals surface area contributed by atoms with Gasteiger partial charge in [0.1, 0.15) is 0 Å². The van der Waals surface area contributed by atoms with E-state index in [2.05, 4.69) is 61.6 Å². The number of carbonyl (C=O) groups excluding carboxylic acids is 1. The second-order valence-corrected chi connectivity index (χ2v) is 11.0. The van der Waals surface area contributed by atoms with E-state index < -0.39 is 10.0 Å². The Hall–Kier alpha value is -2.96. The van der Waals surface area contributed by atoms with Crippen molar-refractivity contribution in [3.63, 3.8) is 0 Å². The van der Waals surface area contributed by atoms with Gasteiger partial charge in [-0.3, -0.25) is 4.79 Å². The van der Waals surface area contributed by atoms with Gasteiger partial charge in [-0.2, -0.15) is 4.31 Å². The van der Waals surface area contributed by atoms with Crippen molar-refractivity contribution in [3.05, 3.63) is 82.9 Å². The molecular formula is C27H28N2O3S. The van der Waals surface area contributed by atoms with Gasteiger partial charge in [-0.15, -0.1) is 0 Å². The number of nitrogens with zero attached hydrogens (tertiary/aromatic N) is 1. The summed E-state index contributed by atoms with van der Waals surface area (Å²) in [4.78, 5) is 11.8. The van der Waals surface area contributed by atoms with E-state index in [4.69, 9.17) is 0 Å². The molecule has 0 aliphatic carbocycles. The molecule has 0 aromatic heterocycles. The maximum atomic E-state index is 13.2. The summed E-state index contributed by atoms with van der Waals surface area (Å²) in [7, 11) is -3.58. The summed E-state index contributed by atoms with van der Waals surface area (Å²) >= 11 is 0. The van der Waals surface area contributed by atoms with Crippen molar-refractivity contribution < 1.29 is 13.2 Å². The molecule has 33 heavy (non-hydrogen) atoms. The largest absolute Gasteiger partial charge is 0.325 e. The molecule has 0 radical (unpaired) electrons. The number of hydrogen-bond acceptors (Lipinski definition) is 3. The first-order valence-corrected chi connectivity index (χ1v) is 12.9. The van der Waals surface area contributed by atoms with Crippen LogP contribution in [0.5, 0.6) is 0 Å². The van der Waals surface area contributed by atoms with Gasteiger partial charge in [-0.1, -0.05) is 48.5 Å². The third-order valence-electron chi connectivity index (χ3n) is 7.10. The molecule has 1 amide bonds. The second kappa shape index (κ2) is 8.43. The lowest BCUT2D eigenvalue weighted by Crippen LogP contribution is -2.37. The van der Waals surface area contributed by atoms with E-state index in [0.717, 1.165) is 18.4 Å². The van der Waals surface area contributed by atoms with Crippen molar-refractivity contribution >= 4 is 21.6 Å². The molecule has 5 rings (SSSR count). The molecule has 2 aliphatic heterocycles. The zero-order valence-electron chi connectivity index (χ0n) is 19.0. The third-order valence-corrected chi connectivity index (χ3v) is 8.99. The maximum Gasteiger partial charge on any atom is 0.243 e. The Morgan fingerprint density at radius 3 is 2.39 bits per heavy atom. The van der Waals surface area contributed by atoms with Gasteiger partial charge in [0.05, 0.1) is 11.3 Å². The Morgan fingerprint density at radius 1 is 0.939 bits per heavy atom. The van der Waals surface area contributed by atoms with Gasteiger partial charge in [-0.25, -0.2) is 8.42 Å². The highest BCUT2D eigenvalue weighted by atomic mass is 32.2. The molecule has 3 aromatic rings. The van der Waals surface area contributed by atoms with Crippen LogP contribution >= 0.6 is 0 Å². The minimum absolute atomic E-state index is 0.0936. The number of sulfonamides is 1. The fourth-order valence-corrected chi connectivity index (χ4v) is 6.43. The fraction of sp³-hybridized carbons (Fsp3) is 0.296. The number of benzene rings is 3. The Balaban J connectivity index is 1.28. The molecule has 6 heteroatoms. The molecule has 3 aromatic carbocycles. The minimum atomic E-state index is -3.58. The van der Waals surface area contributed by atoms with Crippen LogP contribution in [0.1, 0.15) is 41.0 Å². The first-order valence-electron chi connectivity index (χ1n) is 11.4. The lowest BCUT2D eigenvalue weighted by atomic mass is 9.88. The molecule has 1 saturated heterocycles. The molecule has 170 valence electrons. The second-order valence-electron chi connectivity index (χ2n) is 9.09. The molecule has 0 saturated carbocycles. The maximum absolute atomic E-state index is 13.2. The van der Waals surface area contributed by atoms with Crippen molar-refractivity contribution in [1.29, 1.82) is 0 Å². The van der Waals surface area contributed by atoms with Gasteiger partial charge in [0, 0.05) is 18.8 Å². The van der Waals surface area contributed by atoms with Crippen molar-refractivity contribution in [3.8, 4) is 11.1 Å². The van der Waals surface area contributed by atoms with Crippen LogP contribution in [0.4, 0.5) is 5.69 Å². The highest BCUT2D eigenvalue weighted by molar-refractivity contribution is 7.89. The number of anilines is 1. The SMILES string of the molecule is Cc1cccc(-c2ccc(C3CCN(S(=O)(=O)c4ccc5c(c4)NC(=O)C5)CC3)cc2)c1C. The van der Waals surface area contributed by atoms with E-state index in [1.807, 2.05) is 0 Å². The van der Waals surface area contributed by atoms with Gasteiger partial charge in [-0.05, 0) is 78.1 Å². The van der Waals surface area contributed by atoms with Crippen LogP contribution in [0.3, 0.4) is 0 Å². The van der Waals surface area contributed by atoms with E-state index in [1.54, 1.807) is 22.5 Å². The normalized spacial score (nSPS) is 17.1. The third kappa shape index (κ3) is 4.09. The van der Waals surface area contributed by atoms with Crippen LogP contribution < -0.4 is 5.32 Å². The summed E-state index contributed by atoms with van der Waals surface area (Å²) in [5.41, 5.74) is 7.78. The number of carbonyl (C=O) groups is 1. The van der Waals surface area contributed by atoms with Crippen LogP contribution in [0, 0.1) is 13.8 Å². The van der Waals surface area contributed by atoms with E-state index in [9.17, 15) is 13.2 Å². The van der Waals surface area contributed by atoms with Crippen molar-refractivity contribution in [1.82, 2.24) is 4.31 Å². The highest BCUT2D eigenvalue weighted by Gasteiger charge is 2.31. The molecule has 0 unspecified atom stereocenters. The van der Waals surface area contributed by atoms with Crippen LogP contribution in [-0.2, 0) is 21.2 Å². The molecule has 0 atom stereocenters. The van der Waals surface area contributed by atoms with Gasteiger partial charge < -0.3 is 5.32 Å². The Bertz CT molecular complexity index is 1320. The number of amides is 1. The summed E-state index contributed by atoms with van der Waals surface area (Å²) < 4.78 is 27.9. The number of nitrogens with one attached hydrogen (secondary N) is 1. The Morgan fingerprint density at radius 2 is 1.67 bits per heavy atom. The lowest BCUT2D eigenvalue weighted by Gasteiger charge is -2.31. The van der Waals surface area contributed by atoms with Crippen molar-refractivity contribution in [2.24, 2.45) is 0 Å². The molecule has 0 spiro atoms. The zero-order valence-corrected chi connectivity index (χ0v) is 19.8. The number of aryl methyl sites for hydroxylation is 1. The van der Waals surface area contributed by atoms with E-state index in [-0.39, 0.29) is 10.8 Å². The first kappa shape index (κ1) is 21.9. The summed E-state index contributed by atoms with van der Waals surface area (Å²) in [6.07, 6.45) is 1.90. The summed E-state index contributed by atoms with van der Waals surface area (Å²) in [6.45, 7) is 5.28. The standard InChI is InChI=1S/C27H28N2O3S/c1-18-4-3-5-25(19(18)2)22-8-6-20(7-9-22)21-12-14-29(15-13-21)33(31,32)24-11-10-23-16-27(30)28-26(23)17-24/h3-11,17,21H,12-16H2,1-2H3,(H,28,30). The summed E-state index contributed by atoms with van der Waals surface area (Å²) in [5.74, 6) is 0.257. The quantitative estimate of drug-likeness (QED) is 0.594. The van der Waals surface area contributed by atoms with E-state index >= 15 is 0 Å². The van der Waals surface area contributed by atoms with Crippen LogP contribution in [0.2, 0.25) is 0 Å². The van der Waals surface area contributed by atoms with Gasteiger partial charge in [0.15, 0.2) is 0 Å².